The number of ether oxygens (including phenoxy) is 2. The predicted molar refractivity (Wildman–Crippen MR) is 162 cm³/mol. The minimum Gasteiger partial charge on any atom is -0.504 e. The van der Waals surface area contributed by atoms with Crippen LogP contribution in [0.25, 0.3) is 0 Å². The smallest absolute Gasteiger partial charge is 0.220 e. The number of thioether (sulfide) groups is 1. The summed E-state index contributed by atoms with van der Waals surface area (Å²) in [5.41, 5.74) is 2.47. The number of benzene rings is 2. The molecule has 2 aromatic carbocycles. The SMILES string of the molecule is COC1=CC2CC(Sc3ccccc3)c3cc(OC4=CC5CC=C6C=CC(=O)C(O)=C6C5CC4=O)c(O)c(O)c3C2CC1=O. The second kappa shape index (κ2) is 10.9. The third kappa shape index (κ3) is 4.66. The molecule has 5 atom stereocenters. The minimum atomic E-state index is -0.494. The van der Waals surface area contributed by atoms with Crippen molar-refractivity contribution >= 4 is 29.1 Å². The number of fused-ring (bicyclic) bond motifs is 6. The highest BCUT2D eigenvalue weighted by Crippen LogP contribution is 2.58. The van der Waals surface area contributed by atoms with Crippen molar-refractivity contribution in [3.63, 3.8) is 0 Å². The van der Waals surface area contributed by atoms with Gasteiger partial charge in [0.15, 0.2) is 40.3 Å². The van der Waals surface area contributed by atoms with E-state index in [1.54, 1.807) is 30.0 Å². The van der Waals surface area contributed by atoms with Crippen molar-refractivity contribution in [2.24, 2.45) is 17.8 Å². The first-order valence-corrected chi connectivity index (χ1v) is 15.5. The first-order chi connectivity index (χ1) is 21.2. The molecule has 2 aromatic rings. The lowest BCUT2D eigenvalue weighted by molar-refractivity contribution is -0.120. The van der Waals surface area contributed by atoms with E-state index >= 15 is 0 Å². The summed E-state index contributed by atoms with van der Waals surface area (Å²) in [5.74, 6) is -2.87. The first-order valence-electron chi connectivity index (χ1n) is 14.6. The second-order valence-corrected chi connectivity index (χ2v) is 13.0. The number of carbonyl (C=O) groups is 3. The number of hydrogen-bond acceptors (Lipinski definition) is 9. The van der Waals surface area contributed by atoms with Crippen LogP contribution in [-0.4, -0.2) is 39.8 Å². The number of allylic oxidation sites excluding steroid dienone is 9. The van der Waals surface area contributed by atoms with Gasteiger partial charge in [-0.1, -0.05) is 30.4 Å². The number of rotatable bonds is 5. The van der Waals surface area contributed by atoms with Crippen molar-refractivity contribution in [3.05, 3.63) is 106 Å². The van der Waals surface area contributed by atoms with E-state index in [1.165, 1.54) is 13.2 Å². The Bertz CT molecular complexity index is 1760. The molecule has 0 spiro atoms. The van der Waals surface area contributed by atoms with Crippen molar-refractivity contribution in [3.8, 4) is 17.2 Å². The molecule has 5 aliphatic rings. The van der Waals surface area contributed by atoms with Gasteiger partial charge in [0.05, 0.1) is 7.11 Å². The number of phenolic OH excluding ortho intramolecular Hbond substituents is 2. The number of hydrogen-bond donors (Lipinski definition) is 3. The lowest BCUT2D eigenvalue weighted by Gasteiger charge is -2.39. The number of ketones is 3. The van der Waals surface area contributed by atoms with E-state index in [-0.39, 0.29) is 76.3 Å². The van der Waals surface area contributed by atoms with Crippen LogP contribution in [0.15, 0.2) is 100 Å². The van der Waals surface area contributed by atoms with E-state index < -0.39 is 11.5 Å². The van der Waals surface area contributed by atoms with Gasteiger partial charge in [-0.2, -0.15) is 0 Å². The molecule has 0 saturated carbocycles. The quantitative estimate of drug-likeness (QED) is 0.335. The summed E-state index contributed by atoms with van der Waals surface area (Å²) < 4.78 is 11.4. The van der Waals surface area contributed by atoms with Crippen LogP contribution < -0.4 is 4.74 Å². The van der Waals surface area contributed by atoms with Gasteiger partial charge in [0.2, 0.25) is 11.5 Å². The fraction of sp³-hybridized carbons (Fsp3) is 0.286. The van der Waals surface area contributed by atoms with Crippen molar-refractivity contribution < 1.29 is 39.2 Å². The average molecular weight is 611 g/mol. The van der Waals surface area contributed by atoms with Gasteiger partial charge in [0.25, 0.3) is 0 Å². The predicted octanol–water partition coefficient (Wildman–Crippen LogP) is 6.29. The summed E-state index contributed by atoms with van der Waals surface area (Å²) >= 11 is 1.62. The van der Waals surface area contributed by atoms with Gasteiger partial charge in [-0.15, -0.1) is 11.8 Å². The Labute approximate surface area is 258 Å². The van der Waals surface area contributed by atoms with E-state index in [0.29, 0.717) is 29.7 Å². The largest absolute Gasteiger partial charge is 0.504 e. The highest BCUT2D eigenvalue weighted by atomic mass is 32.2. The molecule has 3 N–H and O–H groups in total. The number of methoxy groups -OCH3 is 1. The number of Topliss-reactive ketones (excluding diaryl/α,β-unsaturated/α-hetero) is 2. The molecule has 5 aliphatic carbocycles. The van der Waals surface area contributed by atoms with Crippen LogP contribution >= 0.6 is 11.8 Å². The molecular formula is C35H30O8S. The molecule has 0 aromatic heterocycles. The maximum atomic E-state index is 13.4. The van der Waals surface area contributed by atoms with Crippen LogP contribution in [-0.2, 0) is 19.1 Å². The monoisotopic (exact) mass is 610 g/mol. The molecule has 224 valence electrons. The molecule has 7 rings (SSSR count). The Morgan fingerprint density at radius 2 is 1.59 bits per heavy atom. The molecule has 0 aliphatic heterocycles. The van der Waals surface area contributed by atoms with E-state index in [0.717, 1.165) is 16.0 Å². The maximum absolute atomic E-state index is 13.4. The topological polar surface area (TPSA) is 130 Å². The molecular weight excluding hydrogens is 580 g/mol. The van der Waals surface area contributed by atoms with Crippen molar-refractivity contribution in [2.45, 2.75) is 41.7 Å². The molecule has 0 saturated heterocycles. The van der Waals surface area contributed by atoms with Crippen molar-refractivity contribution in [1.29, 1.82) is 0 Å². The standard InChI is InChI=1S/C35H30O8S/c1-42-27-12-19-13-30(44-20-5-3-2-4-6-20)23-16-29(34(40)35(41)32(23)22(19)15-25(27)37)43-28-11-18-8-7-17-9-10-24(36)33(39)31(17)21(18)14-26(28)38/h2-7,9-12,16,18-19,21-22,30,39-41H,8,13-15H2,1H3. The highest BCUT2D eigenvalue weighted by molar-refractivity contribution is 7.99. The molecule has 44 heavy (non-hydrogen) atoms. The molecule has 0 heterocycles. The number of aromatic hydroxyl groups is 2. The fourth-order valence-corrected chi connectivity index (χ4v) is 8.47. The van der Waals surface area contributed by atoms with Gasteiger partial charge >= 0.3 is 0 Å². The third-order valence-electron chi connectivity index (χ3n) is 9.30. The number of carbonyl (C=O) groups excluding carboxylic acids is 3. The average Bonchev–Trinajstić information content (AvgIpc) is 3.02. The molecule has 5 unspecified atom stereocenters. The molecule has 8 nitrogen and oxygen atoms in total. The summed E-state index contributed by atoms with van der Waals surface area (Å²) in [7, 11) is 1.47. The normalized spacial score (nSPS) is 27.3. The van der Waals surface area contributed by atoms with Crippen LogP contribution in [0, 0.1) is 17.8 Å². The zero-order valence-electron chi connectivity index (χ0n) is 23.9. The van der Waals surface area contributed by atoms with Gasteiger partial charge in [0.1, 0.15) is 0 Å². The van der Waals surface area contributed by atoms with E-state index in [4.69, 9.17) is 9.47 Å². The van der Waals surface area contributed by atoms with Gasteiger partial charge in [0, 0.05) is 46.0 Å². The van der Waals surface area contributed by atoms with Crippen LogP contribution in [0.1, 0.15) is 48.0 Å². The zero-order chi connectivity index (χ0) is 30.7. The fourth-order valence-electron chi connectivity index (χ4n) is 7.18. The van der Waals surface area contributed by atoms with Gasteiger partial charge in [-0.05, 0) is 72.2 Å². The molecule has 0 fully saturated rings. The van der Waals surface area contributed by atoms with Crippen LogP contribution in [0.2, 0.25) is 0 Å². The number of aliphatic hydroxyl groups is 1. The Kier molecular flexibility index (Phi) is 7.00. The Morgan fingerprint density at radius 3 is 2.36 bits per heavy atom. The van der Waals surface area contributed by atoms with Gasteiger partial charge < -0.3 is 24.8 Å². The summed E-state index contributed by atoms with van der Waals surface area (Å²) in [5, 5.41) is 33.0. The lowest BCUT2D eigenvalue weighted by atomic mass is 9.69. The molecule has 0 radical (unpaired) electrons. The number of aliphatic hydroxyl groups excluding tert-OH is 1. The third-order valence-corrected chi connectivity index (χ3v) is 10.6. The van der Waals surface area contributed by atoms with E-state index in [2.05, 4.69) is 0 Å². The van der Waals surface area contributed by atoms with Crippen molar-refractivity contribution in [1.82, 2.24) is 0 Å². The zero-order valence-corrected chi connectivity index (χ0v) is 24.7. The first kappa shape index (κ1) is 28.3. The van der Waals surface area contributed by atoms with E-state index in [9.17, 15) is 29.7 Å². The summed E-state index contributed by atoms with van der Waals surface area (Å²) in [6, 6.07) is 11.5. The van der Waals surface area contributed by atoms with Gasteiger partial charge in [-0.25, -0.2) is 0 Å². The number of phenols is 2. The van der Waals surface area contributed by atoms with Crippen LogP contribution in [0.3, 0.4) is 0 Å². The van der Waals surface area contributed by atoms with Gasteiger partial charge in [-0.3, -0.25) is 14.4 Å². The van der Waals surface area contributed by atoms with Crippen LogP contribution in [0.5, 0.6) is 17.2 Å². The van der Waals surface area contributed by atoms with E-state index in [1.807, 2.05) is 42.5 Å². The maximum Gasteiger partial charge on any atom is 0.220 e. The molecule has 0 amide bonds. The highest BCUT2D eigenvalue weighted by Gasteiger charge is 2.44. The Hall–Kier alpha value is -4.50. The summed E-state index contributed by atoms with van der Waals surface area (Å²) in [6.45, 7) is 0. The Balaban J connectivity index is 1.26. The lowest BCUT2D eigenvalue weighted by Crippen LogP contribution is -2.32. The second-order valence-electron chi connectivity index (χ2n) is 11.7. The summed E-state index contributed by atoms with van der Waals surface area (Å²) in [4.78, 5) is 39.3. The van der Waals surface area contributed by atoms with Crippen LogP contribution in [0.4, 0.5) is 0 Å². The van der Waals surface area contributed by atoms with Crippen molar-refractivity contribution in [2.75, 3.05) is 7.11 Å². The molecule has 9 heteroatoms. The minimum absolute atomic E-state index is 0.0263. The summed E-state index contributed by atoms with van der Waals surface area (Å²) in [6.07, 6.45) is 9.84. The molecule has 0 bridgehead atoms. The Morgan fingerprint density at radius 1 is 0.864 bits per heavy atom.